The van der Waals surface area contributed by atoms with Gasteiger partial charge in [-0.3, -0.25) is 4.79 Å². The average molecular weight is 391 g/mol. The summed E-state index contributed by atoms with van der Waals surface area (Å²) < 4.78 is 15.5. The highest BCUT2D eigenvalue weighted by atomic mass is 19.1. The van der Waals surface area contributed by atoms with Crippen molar-refractivity contribution in [1.29, 1.82) is 0 Å². The number of carbonyl (C=O) groups excluding carboxylic acids is 1. The maximum Gasteiger partial charge on any atom is 0.225 e. The SMILES string of the molecule is Cc1ccccc1C(CC(=O)Nc1ccc(F)cc1)c1cnc2n1C(C)CCC2. The monoisotopic (exact) mass is 391 g/mol. The van der Waals surface area contributed by atoms with Crippen molar-refractivity contribution in [2.45, 2.75) is 51.5 Å². The van der Waals surface area contributed by atoms with Gasteiger partial charge in [-0.1, -0.05) is 24.3 Å². The van der Waals surface area contributed by atoms with E-state index in [9.17, 15) is 9.18 Å². The third-order valence-electron chi connectivity index (χ3n) is 5.80. The first kappa shape index (κ1) is 19.4. The summed E-state index contributed by atoms with van der Waals surface area (Å²) in [7, 11) is 0. The van der Waals surface area contributed by atoms with E-state index in [-0.39, 0.29) is 17.6 Å². The van der Waals surface area contributed by atoms with Crippen molar-refractivity contribution in [3.63, 3.8) is 0 Å². The summed E-state index contributed by atoms with van der Waals surface area (Å²) in [6, 6.07) is 14.5. The zero-order valence-corrected chi connectivity index (χ0v) is 16.9. The number of hydrogen-bond acceptors (Lipinski definition) is 2. The summed E-state index contributed by atoms with van der Waals surface area (Å²) in [5.41, 5.74) is 3.99. The Hall–Kier alpha value is -2.95. The molecule has 1 aromatic heterocycles. The van der Waals surface area contributed by atoms with Gasteiger partial charge in [0.25, 0.3) is 0 Å². The number of aryl methyl sites for hydroxylation is 2. The van der Waals surface area contributed by atoms with Gasteiger partial charge in [0.2, 0.25) is 5.91 Å². The number of nitrogens with one attached hydrogen (secondary N) is 1. The number of benzene rings is 2. The number of fused-ring (bicyclic) bond motifs is 1. The smallest absolute Gasteiger partial charge is 0.225 e. The summed E-state index contributed by atoms with van der Waals surface area (Å²) in [6.07, 6.45) is 5.50. The van der Waals surface area contributed by atoms with Crippen molar-refractivity contribution < 1.29 is 9.18 Å². The van der Waals surface area contributed by atoms with E-state index in [0.717, 1.165) is 41.9 Å². The molecule has 2 aromatic carbocycles. The molecule has 2 unspecified atom stereocenters. The normalized spacial score (nSPS) is 16.9. The summed E-state index contributed by atoms with van der Waals surface area (Å²) in [5, 5.41) is 2.91. The van der Waals surface area contributed by atoms with Crippen LogP contribution in [-0.4, -0.2) is 15.5 Å². The Bertz CT molecular complexity index is 1010. The third-order valence-corrected chi connectivity index (χ3v) is 5.80. The van der Waals surface area contributed by atoms with Crippen LogP contribution in [0.15, 0.2) is 54.7 Å². The molecule has 0 spiro atoms. The van der Waals surface area contributed by atoms with Crippen molar-refractivity contribution in [1.82, 2.24) is 9.55 Å². The molecular weight excluding hydrogens is 365 g/mol. The van der Waals surface area contributed by atoms with Crippen LogP contribution in [0.1, 0.15) is 60.8 Å². The van der Waals surface area contributed by atoms with Crippen LogP contribution < -0.4 is 5.32 Å². The maximum absolute atomic E-state index is 13.2. The molecule has 150 valence electrons. The number of amides is 1. The van der Waals surface area contributed by atoms with Crippen LogP contribution in [-0.2, 0) is 11.2 Å². The minimum absolute atomic E-state index is 0.0848. The van der Waals surface area contributed by atoms with Gasteiger partial charge >= 0.3 is 0 Å². The van der Waals surface area contributed by atoms with Crippen LogP contribution in [0.4, 0.5) is 10.1 Å². The molecule has 1 N–H and O–H groups in total. The molecule has 0 radical (unpaired) electrons. The molecule has 2 heterocycles. The van der Waals surface area contributed by atoms with Gasteiger partial charge in [-0.15, -0.1) is 0 Å². The number of carbonyl (C=O) groups is 1. The molecule has 1 aliphatic heterocycles. The highest BCUT2D eigenvalue weighted by molar-refractivity contribution is 5.91. The largest absolute Gasteiger partial charge is 0.329 e. The van der Waals surface area contributed by atoms with Crippen molar-refractivity contribution >= 4 is 11.6 Å². The molecule has 29 heavy (non-hydrogen) atoms. The van der Waals surface area contributed by atoms with Gasteiger partial charge in [0, 0.05) is 42.4 Å². The highest BCUT2D eigenvalue weighted by Gasteiger charge is 2.28. The Morgan fingerprint density at radius 2 is 2.00 bits per heavy atom. The number of imidazole rings is 1. The Morgan fingerprint density at radius 3 is 2.76 bits per heavy atom. The van der Waals surface area contributed by atoms with Crippen LogP contribution in [0.25, 0.3) is 0 Å². The fraction of sp³-hybridized carbons (Fsp3) is 0.333. The first-order valence-corrected chi connectivity index (χ1v) is 10.2. The lowest BCUT2D eigenvalue weighted by Crippen LogP contribution is -2.23. The Labute approximate surface area is 170 Å². The molecule has 0 aliphatic carbocycles. The first-order chi connectivity index (χ1) is 14.0. The molecule has 4 rings (SSSR count). The zero-order valence-electron chi connectivity index (χ0n) is 16.9. The number of halogens is 1. The molecule has 0 bridgehead atoms. The zero-order chi connectivity index (χ0) is 20.4. The second-order valence-corrected chi connectivity index (χ2v) is 7.88. The first-order valence-electron chi connectivity index (χ1n) is 10.2. The van der Waals surface area contributed by atoms with Gasteiger partial charge in [-0.25, -0.2) is 9.37 Å². The predicted molar refractivity (Wildman–Crippen MR) is 113 cm³/mol. The molecule has 0 saturated heterocycles. The molecule has 4 nitrogen and oxygen atoms in total. The summed E-state index contributed by atoms with van der Waals surface area (Å²) in [5.74, 6) is 0.610. The minimum atomic E-state index is -0.319. The quantitative estimate of drug-likeness (QED) is 0.634. The minimum Gasteiger partial charge on any atom is -0.329 e. The lowest BCUT2D eigenvalue weighted by atomic mass is 9.88. The molecule has 1 amide bonds. The fourth-order valence-electron chi connectivity index (χ4n) is 4.33. The van der Waals surface area contributed by atoms with E-state index in [1.807, 2.05) is 18.3 Å². The Kier molecular flexibility index (Phi) is 5.47. The molecule has 1 aliphatic rings. The van der Waals surface area contributed by atoms with Crippen molar-refractivity contribution in [2.24, 2.45) is 0 Å². The molecular formula is C24H26FN3O. The molecule has 3 aromatic rings. The van der Waals surface area contributed by atoms with E-state index in [1.165, 1.54) is 12.1 Å². The van der Waals surface area contributed by atoms with Crippen molar-refractivity contribution in [2.75, 3.05) is 5.32 Å². The van der Waals surface area contributed by atoms with Crippen LogP contribution >= 0.6 is 0 Å². The lowest BCUT2D eigenvalue weighted by molar-refractivity contribution is -0.116. The Morgan fingerprint density at radius 1 is 1.24 bits per heavy atom. The second kappa shape index (κ2) is 8.19. The van der Waals surface area contributed by atoms with E-state index in [1.54, 1.807) is 12.1 Å². The summed E-state index contributed by atoms with van der Waals surface area (Å²) >= 11 is 0. The van der Waals surface area contributed by atoms with Crippen LogP contribution in [0.2, 0.25) is 0 Å². The summed E-state index contributed by atoms with van der Waals surface area (Å²) in [6.45, 7) is 4.30. The number of nitrogens with zero attached hydrogens (tertiary/aromatic N) is 2. The number of hydrogen-bond donors (Lipinski definition) is 1. The van der Waals surface area contributed by atoms with Gasteiger partial charge in [-0.2, -0.15) is 0 Å². The van der Waals surface area contributed by atoms with Gasteiger partial charge in [0.1, 0.15) is 11.6 Å². The number of anilines is 1. The standard InChI is InChI=1S/C24H26FN3O/c1-16-6-3-4-8-20(16)21(14-24(29)27-19-12-10-18(25)11-13-19)22-15-26-23-9-5-7-17(2)28(22)23/h3-4,6,8,10-13,15,17,21H,5,7,9,14H2,1-2H3,(H,27,29). The molecule has 0 fully saturated rings. The van der Waals surface area contributed by atoms with E-state index in [0.29, 0.717) is 18.2 Å². The van der Waals surface area contributed by atoms with Crippen molar-refractivity contribution in [3.8, 4) is 0 Å². The average Bonchev–Trinajstić information content (AvgIpc) is 3.14. The number of rotatable bonds is 5. The topological polar surface area (TPSA) is 46.9 Å². The molecule has 0 saturated carbocycles. The van der Waals surface area contributed by atoms with Gasteiger partial charge in [0.05, 0.1) is 0 Å². The highest BCUT2D eigenvalue weighted by Crippen LogP contribution is 2.35. The maximum atomic E-state index is 13.2. The fourth-order valence-corrected chi connectivity index (χ4v) is 4.33. The van der Waals surface area contributed by atoms with Gasteiger partial charge in [0.15, 0.2) is 0 Å². The Balaban J connectivity index is 1.67. The molecule has 5 heteroatoms. The van der Waals surface area contributed by atoms with E-state index >= 15 is 0 Å². The van der Waals surface area contributed by atoms with Crippen LogP contribution in [0, 0.1) is 12.7 Å². The summed E-state index contributed by atoms with van der Waals surface area (Å²) in [4.78, 5) is 17.6. The van der Waals surface area contributed by atoms with Crippen LogP contribution in [0.5, 0.6) is 0 Å². The lowest BCUT2D eigenvalue weighted by Gasteiger charge is -2.28. The third kappa shape index (κ3) is 4.09. The van der Waals surface area contributed by atoms with Gasteiger partial charge in [-0.05, 0) is 62.1 Å². The van der Waals surface area contributed by atoms with Crippen molar-refractivity contribution in [3.05, 3.63) is 83.2 Å². The van der Waals surface area contributed by atoms with E-state index in [4.69, 9.17) is 0 Å². The number of aromatic nitrogens is 2. The predicted octanol–water partition coefficient (Wildman–Crippen LogP) is 5.39. The van der Waals surface area contributed by atoms with Gasteiger partial charge < -0.3 is 9.88 Å². The molecule has 2 atom stereocenters. The van der Waals surface area contributed by atoms with E-state index in [2.05, 4.69) is 40.8 Å². The van der Waals surface area contributed by atoms with E-state index < -0.39 is 0 Å². The second-order valence-electron chi connectivity index (χ2n) is 7.88. The van der Waals surface area contributed by atoms with Crippen LogP contribution in [0.3, 0.4) is 0 Å².